The molecule has 4 aromatic rings. The normalized spacial score (nSPS) is 11.0. The van der Waals surface area contributed by atoms with Gasteiger partial charge in [0, 0.05) is 11.1 Å². The maximum absolute atomic E-state index is 12.5. The molecule has 6 nitrogen and oxygen atoms in total. The van der Waals surface area contributed by atoms with Crippen LogP contribution in [-0.2, 0) is 6.54 Å². The van der Waals surface area contributed by atoms with E-state index in [1.54, 1.807) is 25.1 Å². The third-order valence-corrected chi connectivity index (χ3v) is 5.00. The summed E-state index contributed by atoms with van der Waals surface area (Å²) in [6, 6.07) is 14.7. The molecule has 0 aliphatic heterocycles. The van der Waals surface area contributed by atoms with E-state index in [9.17, 15) is 9.90 Å². The van der Waals surface area contributed by atoms with Gasteiger partial charge < -0.3 is 14.8 Å². The van der Waals surface area contributed by atoms with Crippen LogP contribution in [0.25, 0.3) is 21.5 Å². The highest BCUT2D eigenvalue weighted by Gasteiger charge is 2.19. The Morgan fingerprint density at radius 3 is 2.73 bits per heavy atom. The average Bonchev–Trinajstić information content (AvgIpc) is 3.26. The first-order valence-electron chi connectivity index (χ1n) is 8.00. The number of aromatic hydroxyl groups is 1. The zero-order valence-electron chi connectivity index (χ0n) is 13.9. The summed E-state index contributed by atoms with van der Waals surface area (Å²) in [6.45, 7) is 2.00. The molecular weight excluding hydrogens is 350 g/mol. The number of aryl methyl sites for hydroxylation is 1. The van der Waals surface area contributed by atoms with Gasteiger partial charge in [-0.15, -0.1) is 10.2 Å². The molecule has 0 fully saturated rings. The number of hydrogen-bond donors (Lipinski definition) is 2. The van der Waals surface area contributed by atoms with Gasteiger partial charge in [-0.2, -0.15) is 0 Å². The van der Waals surface area contributed by atoms with Crippen molar-refractivity contribution in [2.75, 3.05) is 0 Å². The predicted octanol–water partition coefficient (Wildman–Crippen LogP) is 3.90. The first kappa shape index (κ1) is 16.3. The first-order valence-corrected chi connectivity index (χ1v) is 8.82. The molecule has 0 atom stereocenters. The second kappa shape index (κ2) is 6.61. The van der Waals surface area contributed by atoms with Crippen LogP contribution in [0.4, 0.5) is 0 Å². The predicted molar refractivity (Wildman–Crippen MR) is 99.1 cm³/mol. The molecule has 7 heteroatoms. The van der Waals surface area contributed by atoms with Gasteiger partial charge >= 0.3 is 0 Å². The van der Waals surface area contributed by atoms with E-state index >= 15 is 0 Å². The second-order valence-electron chi connectivity index (χ2n) is 5.76. The van der Waals surface area contributed by atoms with E-state index in [-0.39, 0.29) is 24.0 Å². The molecule has 130 valence electrons. The molecule has 2 aromatic heterocycles. The Balaban J connectivity index is 1.51. The van der Waals surface area contributed by atoms with Crippen LogP contribution in [0, 0.1) is 6.92 Å². The lowest BCUT2D eigenvalue weighted by molar-refractivity contribution is 0.0924. The first-order chi connectivity index (χ1) is 12.6. The largest absolute Gasteiger partial charge is 0.507 e. The van der Waals surface area contributed by atoms with Crippen molar-refractivity contribution in [1.82, 2.24) is 15.5 Å². The smallest absolute Gasteiger partial charge is 0.287 e. The maximum atomic E-state index is 12.5. The number of carbonyl (C=O) groups excluding carboxylic acids is 1. The minimum Gasteiger partial charge on any atom is -0.507 e. The molecule has 0 aliphatic rings. The zero-order valence-corrected chi connectivity index (χ0v) is 14.7. The summed E-state index contributed by atoms with van der Waals surface area (Å²) in [4.78, 5) is 12.5. The molecule has 2 aromatic carbocycles. The van der Waals surface area contributed by atoms with Crippen LogP contribution < -0.4 is 5.32 Å². The Hall–Kier alpha value is -3.19. The van der Waals surface area contributed by atoms with Crippen molar-refractivity contribution < 1.29 is 14.3 Å². The number of nitrogens with one attached hydrogen (secondary N) is 1. The van der Waals surface area contributed by atoms with Gasteiger partial charge in [-0.1, -0.05) is 47.7 Å². The number of hydrogen-bond acceptors (Lipinski definition) is 6. The fraction of sp³-hybridized carbons (Fsp3) is 0.105. The van der Waals surface area contributed by atoms with Crippen molar-refractivity contribution in [3.8, 4) is 16.3 Å². The highest BCUT2D eigenvalue weighted by molar-refractivity contribution is 7.14. The number of rotatable bonds is 4. The molecule has 0 saturated heterocycles. The number of benzene rings is 2. The molecule has 2 heterocycles. The van der Waals surface area contributed by atoms with Crippen molar-refractivity contribution in [2.45, 2.75) is 13.5 Å². The third-order valence-electron chi connectivity index (χ3n) is 4.03. The SMILES string of the molecule is Cc1c(C(=O)NCc2nnc(-c3ccccc3)s2)oc2cccc(O)c12. The van der Waals surface area contributed by atoms with Gasteiger partial charge in [0.25, 0.3) is 5.91 Å². The summed E-state index contributed by atoms with van der Waals surface area (Å²) in [5.74, 6) is -0.0664. The Morgan fingerprint density at radius 1 is 1.15 bits per heavy atom. The molecule has 0 spiro atoms. The summed E-state index contributed by atoms with van der Waals surface area (Å²) in [7, 11) is 0. The van der Waals surface area contributed by atoms with Crippen LogP contribution in [0.5, 0.6) is 5.75 Å². The Kier molecular flexibility index (Phi) is 4.14. The fourth-order valence-corrected chi connectivity index (χ4v) is 3.54. The fourth-order valence-electron chi connectivity index (χ4n) is 2.76. The van der Waals surface area contributed by atoms with Gasteiger partial charge in [-0.3, -0.25) is 4.79 Å². The van der Waals surface area contributed by atoms with E-state index < -0.39 is 0 Å². The highest BCUT2D eigenvalue weighted by Crippen LogP contribution is 2.32. The van der Waals surface area contributed by atoms with Gasteiger partial charge in [-0.25, -0.2) is 0 Å². The van der Waals surface area contributed by atoms with Gasteiger partial charge in [-0.05, 0) is 19.1 Å². The van der Waals surface area contributed by atoms with Gasteiger partial charge in [0.2, 0.25) is 0 Å². The Morgan fingerprint density at radius 2 is 1.96 bits per heavy atom. The van der Waals surface area contributed by atoms with Crippen LogP contribution in [-0.4, -0.2) is 21.2 Å². The van der Waals surface area contributed by atoms with E-state index in [0.29, 0.717) is 21.5 Å². The third kappa shape index (κ3) is 2.93. The minimum atomic E-state index is -0.352. The lowest BCUT2D eigenvalue weighted by atomic mass is 10.1. The van der Waals surface area contributed by atoms with Gasteiger partial charge in [0.15, 0.2) is 5.76 Å². The number of aromatic nitrogens is 2. The van der Waals surface area contributed by atoms with Crippen LogP contribution in [0.2, 0.25) is 0 Å². The van der Waals surface area contributed by atoms with E-state index in [2.05, 4.69) is 15.5 Å². The lowest BCUT2D eigenvalue weighted by Gasteiger charge is -2.00. The number of phenols is 1. The number of phenolic OH excluding ortho intramolecular Hbond substituents is 1. The minimum absolute atomic E-state index is 0.0967. The lowest BCUT2D eigenvalue weighted by Crippen LogP contribution is -2.22. The van der Waals surface area contributed by atoms with Crippen LogP contribution in [0.15, 0.2) is 52.9 Å². The Labute approximate surface area is 153 Å². The van der Waals surface area contributed by atoms with Crippen LogP contribution in [0.3, 0.4) is 0 Å². The monoisotopic (exact) mass is 365 g/mol. The molecule has 0 unspecified atom stereocenters. The van der Waals surface area contributed by atoms with Crippen molar-refractivity contribution in [2.24, 2.45) is 0 Å². The molecule has 2 N–H and O–H groups in total. The molecular formula is C19H15N3O3S. The number of amides is 1. The zero-order chi connectivity index (χ0) is 18.1. The van der Waals surface area contributed by atoms with E-state index in [1.807, 2.05) is 30.3 Å². The van der Waals surface area contributed by atoms with E-state index in [1.165, 1.54) is 11.3 Å². The number of furan rings is 1. The second-order valence-corrected chi connectivity index (χ2v) is 6.82. The standard InChI is InChI=1S/C19H15N3O3S/c1-11-16-13(23)8-5-9-14(16)25-17(11)18(24)20-10-15-21-22-19(26-15)12-6-3-2-4-7-12/h2-9,23H,10H2,1H3,(H,20,24). The van der Waals surface area contributed by atoms with Gasteiger partial charge in [0.05, 0.1) is 11.9 Å². The topological polar surface area (TPSA) is 88.3 Å². The summed E-state index contributed by atoms with van der Waals surface area (Å²) >= 11 is 1.43. The summed E-state index contributed by atoms with van der Waals surface area (Å²) < 4.78 is 5.60. The summed E-state index contributed by atoms with van der Waals surface area (Å²) in [6.07, 6.45) is 0. The van der Waals surface area contributed by atoms with E-state index in [4.69, 9.17) is 4.42 Å². The molecule has 4 rings (SSSR count). The Bertz CT molecular complexity index is 1090. The molecule has 0 saturated carbocycles. The number of fused-ring (bicyclic) bond motifs is 1. The summed E-state index contributed by atoms with van der Waals surface area (Å²) in [5.41, 5.74) is 2.08. The van der Waals surface area contributed by atoms with Crippen molar-refractivity contribution in [3.63, 3.8) is 0 Å². The maximum Gasteiger partial charge on any atom is 0.287 e. The van der Waals surface area contributed by atoms with Crippen LogP contribution in [0.1, 0.15) is 21.1 Å². The van der Waals surface area contributed by atoms with Gasteiger partial charge in [0.1, 0.15) is 21.3 Å². The summed E-state index contributed by atoms with van der Waals surface area (Å²) in [5, 5.41) is 23.1. The van der Waals surface area contributed by atoms with Crippen LogP contribution >= 0.6 is 11.3 Å². The van der Waals surface area contributed by atoms with Crippen molar-refractivity contribution in [3.05, 3.63) is 64.9 Å². The molecule has 0 bridgehead atoms. The van der Waals surface area contributed by atoms with Crippen molar-refractivity contribution in [1.29, 1.82) is 0 Å². The van der Waals surface area contributed by atoms with E-state index in [0.717, 1.165) is 10.6 Å². The highest BCUT2D eigenvalue weighted by atomic mass is 32.1. The number of carbonyl (C=O) groups is 1. The molecule has 26 heavy (non-hydrogen) atoms. The quantitative estimate of drug-likeness (QED) is 0.573. The molecule has 0 aliphatic carbocycles. The average molecular weight is 365 g/mol. The molecule has 0 radical (unpaired) electrons. The van der Waals surface area contributed by atoms with Crippen molar-refractivity contribution >= 4 is 28.2 Å². The number of nitrogens with zero attached hydrogens (tertiary/aromatic N) is 2. The molecule has 1 amide bonds.